The van der Waals surface area contributed by atoms with E-state index in [9.17, 15) is 15.3 Å². The molecule has 2 bridgehead atoms. The number of aliphatic hydroxyl groups is 1. The van der Waals surface area contributed by atoms with Crippen molar-refractivity contribution in [2.45, 2.75) is 165 Å². The fourth-order valence-electron chi connectivity index (χ4n) is 15.0. The minimum atomic E-state index is -0.794. The van der Waals surface area contributed by atoms with Gasteiger partial charge in [0.2, 0.25) is 5.96 Å². The zero-order valence-corrected chi connectivity index (χ0v) is 40.7. The van der Waals surface area contributed by atoms with E-state index in [-0.39, 0.29) is 46.6 Å². The molecule has 11 heteroatoms. The number of ketones is 1. The van der Waals surface area contributed by atoms with Crippen LogP contribution in [0.1, 0.15) is 146 Å². The zero-order chi connectivity index (χ0) is 46.8. The number of nitrogens with one attached hydrogen (secondary N) is 3. The number of guanidine groups is 1. The number of benzene rings is 2. The number of aromatic hydroxyl groups is 2. The minimum Gasteiger partial charge on any atom is -0.504 e. The summed E-state index contributed by atoms with van der Waals surface area (Å²) in [6, 6.07) is 13.0. The highest BCUT2D eigenvalue weighted by atomic mass is 16.6. The van der Waals surface area contributed by atoms with E-state index < -0.39 is 17.3 Å². The minimum absolute atomic E-state index is 0.0350. The van der Waals surface area contributed by atoms with Crippen LogP contribution in [0.4, 0.5) is 5.69 Å². The Balaban J connectivity index is 1.14. The molecule has 0 unspecified atom stereocenters. The van der Waals surface area contributed by atoms with Crippen LogP contribution >= 0.6 is 0 Å². The van der Waals surface area contributed by atoms with Gasteiger partial charge in [0.05, 0.1) is 18.9 Å². The maximum Gasteiger partial charge on any atom is 0.207 e. The first-order valence-corrected chi connectivity index (χ1v) is 26.1. The number of allylic oxidation sites excluding steroid dienone is 2. The van der Waals surface area contributed by atoms with Gasteiger partial charge in [-0.25, -0.2) is 0 Å². The summed E-state index contributed by atoms with van der Waals surface area (Å²) in [5, 5.41) is 44.1. The lowest BCUT2D eigenvalue weighted by atomic mass is 9.48. The van der Waals surface area contributed by atoms with Gasteiger partial charge in [-0.2, -0.15) is 0 Å². The molecule has 364 valence electrons. The summed E-state index contributed by atoms with van der Waals surface area (Å²) in [6.07, 6.45) is 24.0. The van der Waals surface area contributed by atoms with Crippen LogP contribution in [0, 0.1) is 58.8 Å². The van der Waals surface area contributed by atoms with Crippen LogP contribution in [0.15, 0.2) is 47.5 Å². The maximum absolute atomic E-state index is 15.5. The molecule has 6 aliphatic carbocycles. The van der Waals surface area contributed by atoms with Gasteiger partial charge >= 0.3 is 0 Å². The Hall–Kier alpha value is -4.24. The molecule has 6 N–H and O–H groups in total. The molecule has 1 spiro atoms. The molecule has 9 rings (SSSR count). The molecule has 11 atom stereocenters. The van der Waals surface area contributed by atoms with Gasteiger partial charge in [0.15, 0.2) is 35.1 Å². The second kappa shape index (κ2) is 20.4. The topological polar surface area (TPSA) is 154 Å². The van der Waals surface area contributed by atoms with E-state index in [0.717, 1.165) is 107 Å². The normalized spacial score (nSPS) is 35.6. The quantitative estimate of drug-likeness (QED) is 0.0689. The molecule has 6 fully saturated rings. The van der Waals surface area contributed by atoms with Gasteiger partial charge in [0.25, 0.3) is 0 Å². The van der Waals surface area contributed by atoms with Crippen LogP contribution in [-0.4, -0.2) is 72.8 Å². The number of hydrogen-bond acceptors (Lipinski definition) is 9. The molecule has 1 aliphatic heterocycles. The third kappa shape index (κ3) is 9.58. The zero-order valence-electron chi connectivity index (χ0n) is 40.7. The number of rotatable bonds is 12. The second-order valence-electron chi connectivity index (χ2n) is 21.9. The summed E-state index contributed by atoms with van der Waals surface area (Å²) in [4.78, 5) is 20.1. The smallest absolute Gasteiger partial charge is 0.207 e. The fraction of sp³-hybridized carbons (Fsp3) is 0.679. The number of fused-ring (bicyclic) bond motifs is 5. The highest BCUT2D eigenvalue weighted by Gasteiger charge is 2.58. The molecule has 2 aromatic carbocycles. The summed E-state index contributed by atoms with van der Waals surface area (Å²) in [6.45, 7) is 2.93. The van der Waals surface area contributed by atoms with Gasteiger partial charge in [-0.15, -0.1) is 0 Å². The first-order valence-electron chi connectivity index (χ1n) is 26.1. The Kier molecular flexibility index (Phi) is 14.5. The summed E-state index contributed by atoms with van der Waals surface area (Å²) in [5.74, 6) is 7.41. The maximum atomic E-state index is 15.5. The average Bonchev–Trinajstić information content (AvgIpc) is 4.16. The van der Waals surface area contributed by atoms with E-state index in [1.807, 2.05) is 25.3 Å². The number of carbonyl (C=O) groups excluding carboxylic acids is 1. The molecular formula is C56H78N4O7. The van der Waals surface area contributed by atoms with Crippen molar-refractivity contribution in [1.29, 1.82) is 0 Å². The van der Waals surface area contributed by atoms with Gasteiger partial charge in [-0.05, 0) is 173 Å². The first kappa shape index (κ1) is 47.8. The summed E-state index contributed by atoms with van der Waals surface area (Å²) in [5.41, 5.74) is 1.09. The first-order chi connectivity index (χ1) is 32.5. The van der Waals surface area contributed by atoms with Gasteiger partial charge in [0.1, 0.15) is 5.60 Å². The Morgan fingerprint density at radius 2 is 1.76 bits per heavy atom. The molecule has 11 nitrogen and oxygen atoms in total. The number of phenols is 2. The van der Waals surface area contributed by atoms with Gasteiger partial charge in [0, 0.05) is 43.3 Å². The van der Waals surface area contributed by atoms with Crippen LogP contribution in [0.2, 0.25) is 0 Å². The lowest BCUT2D eigenvalue weighted by Crippen LogP contribution is -2.51. The SMILES string of the molecule is CC[C@@H]1CC[C@@H]2C[C@@H]3CCC[C@@]34c3cc(c(O)c(O[C@]5(CNC)CC[C@H](C[C@H](O)OC6CCCC6)C5)c3)NC(=NC)NC#CC[C@@H]3CCC[C@]3(Cc3ccc(O)c(OC)c3)C(=O)/C=C/[C@@H]4[C@@H]2C1. The Morgan fingerprint density at radius 1 is 0.940 bits per heavy atom. The molecule has 2 aromatic rings. The Labute approximate surface area is 399 Å². The van der Waals surface area contributed by atoms with Crippen LogP contribution < -0.4 is 25.4 Å². The third-order valence-electron chi connectivity index (χ3n) is 18.3. The van der Waals surface area contributed by atoms with E-state index in [1.165, 1.54) is 19.3 Å². The monoisotopic (exact) mass is 919 g/mol. The highest BCUT2D eigenvalue weighted by Crippen LogP contribution is 2.64. The standard InChI is InChI=1S/C56H78N4O7/c1-5-36-16-18-39-30-41-12-9-24-56(41)42-31-46(52(64)49(32-42)67-54(35-57-2)25-22-38(33-54)29-51(63)66-43-14-6-7-15-43)60-53(58-3)59-26-10-13-40-11-8-23-55(40,50(62)21-19-45(56)44(39)27-36)34-37-17-20-47(61)48(28-37)65-4/h17,19-21,28,31-32,36,38-41,43-45,51,57,61,63-64H,5-9,11-16,18,22-25,27,29-30,33-35H2,1-4H3,(H2,58,59,60)/b21-19+/t36-,38-,39-,40+,41+,44-,45-,51-,54-,55-,56+/m1/s1. The molecule has 6 saturated carbocycles. The number of hydrogen-bond donors (Lipinski definition) is 6. The van der Waals surface area contributed by atoms with Crippen molar-refractivity contribution in [2.75, 3.05) is 33.1 Å². The molecule has 7 aliphatic rings. The predicted octanol–water partition coefficient (Wildman–Crippen LogP) is 9.92. The number of ether oxygens (including phenoxy) is 3. The molecule has 0 saturated heterocycles. The largest absolute Gasteiger partial charge is 0.504 e. The molecular weight excluding hydrogens is 841 g/mol. The molecule has 1 heterocycles. The number of methoxy groups -OCH3 is 1. The second-order valence-corrected chi connectivity index (χ2v) is 21.9. The van der Waals surface area contributed by atoms with Crippen molar-refractivity contribution in [3.63, 3.8) is 0 Å². The van der Waals surface area contributed by atoms with E-state index >= 15 is 4.79 Å². The lowest BCUT2D eigenvalue weighted by Gasteiger charge is -2.55. The number of carbonyl (C=O) groups is 1. The number of aliphatic imine (C=N–C) groups is 1. The fourth-order valence-corrected chi connectivity index (χ4v) is 15.0. The van der Waals surface area contributed by atoms with Crippen molar-refractivity contribution in [2.24, 2.45) is 51.8 Å². The molecule has 0 amide bonds. The molecule has 0 radical (unpaired) electrons. The summed E-state index contributed by atoms with van der Waals surface area (Å²) >= 11 is 0. The predicted molar refractivity (Wildman–Crippen MR) is 263 cm³/mol. The average molecular weight is 919 g/mol. The summed E-state index contributed by atoms with van der Waals surface area (Å²) < 4.78 is 18.9. The lowest BCUT2D eigenvalue weighted by molar-refractivity contribution is -0.143. The van der Waals surface area contributed by atoms with Crippen LogP contribution in [0.25, 0.3) is 0 Å². The van der Waals surface area contributed by atoms with Crippen LogP contribution in [-0.2, 0) is 21.4 Å². The van der Waals surface area contributed by atoms with E-state index in [2.05, 4.69) is 58.0 Å². The van der Waals surface area contributed by atoms with Crippen molar-refractivity contribution in [3.05, 3.63) is 53.6 Å². The van der Waals surface area contributed by atoms with Crippen LogP contribution in [0.5, 0.6) is 23.0 Å². The number of anilines is 1. The van der Waals surface area contributed by atoms with Crippen LogP contribution in [0.3, 0.4) is 0 Å². The highest BCUT2D eigenvalue weighted by molar-refractivity contribution is 5.97. The molecule has 0 aromatic heterocycles. The third-order valence-corrected chi connectivity index (χ3v) is 18.3. The van der Waals surface area contributed by atoms with E-state index in [1.54, 1.807) is 20.2 Å². The van der Waals surface area contributed by atoms with Gasteiger partial charge in [-0.3, -0.25) is 15.1 Å². The van der Waals surface area contributed by atoms with Crippen molar-refractivity contribution < 1.29 is 34.3 Å². The summed E-state index contributed by atoms with van der Waals surface area (Å²) in [7, 11) is 5.24. The van der Waals surface area contributed by atoms with Crippen molar-refractivity contribution in [3.8, 4) is 35.0 Å². The van der Waals surface area contributed by atoms with Gasteiger partial charge in [-0.1, -0.05) is 63.5 Å². The van der Waals surface area contributed by atoms with Gasteiger partial charge < -0.3 is 40.2 Å². The van der Waals surface area contributed by atoms with E-state index in [0.29, 0.717) is 72.6 Å². The van der Waals surface area contributed by atoms with Crippen molar-refractivity contribution >= 4 is 17.4 Å². The number of likely N-dealkylation sites (N-methyl/N-ethyl adjacent to an activating group) is 1. The Bertz CT molecular complexity index is 2210. The molecule has 67 heavy (non-hydrogen) atoms. The van der Waals surface area contributed by atoms with Crippen molar-refractivity contribution in [1.82, 2.24) is 10.6 Å². The number of phenolic OH excluding ortho intramolecular Hbond substituents is 2. The van der Waals surface area contributed by atoms with E-state index in [4.69, 9.17) is 14.2 Å². The number of nitrogens with zero attached hydrogens (tertiary/aromatic N) is 1. The Morgan fingerprint density at radius 3 is 2.55 bits per heavy atom. The number of aliphatic hydroxyl groups excluding tert-OH is 1.